The molecule has 1 aromatic rings. The zero-order valence-corrected chi connectivity index (χ0v) is 30.4. The molecule has 254 valence electrons. The Bertz CT molecular complexity index is 664. The highest BCUT2D eigenvalue weighted by atomic mass is 15.1. The van der Waals surface area contributed by atoms with Crippen molar-refractivity contribution in [3.8, 4) is 0 Å². The first-order valence-corrected chi connectivity index (χ1v) is 20.3. The van der Waals surface area contributed by atoms with Gasteiger partial charge in [-0.25, -0.2) is 9.55 Å². The summed E-state index contributed by atoms with van der Waals surface area (Å²) in [5.74, 6) is 2.24. The van der Waals surface area contributed by atoms with Gasteiger partial charge in [-0.1, -0.05) is 201 Å². The number of nitrogens with one attached hydrogen (secondary N) is 1. The Morgan fingerprint density at radius 2 is 0.744 bits per heavy atom. The quantitative estimate of drug-likeness (QED) is 0.0599. The Hall–Kier alpha value is -0.790. The number of unbranched alkanes of at least 4 members (excludes halogenated alkanes) is 26. The molecule has 1 aromatic heterocycles. The van der Waals surface area contributed by atoms with Crippen molar-refractivity contribution < 1.29 is 4.57 Å². The third-order valence-corrected chi connectivity index (χ3v) is 10.1. The van der Waals surface area contributed by atoms with E-state index in [2.05, 4.69) is 49.6 Å². The minimum atomic E-state index is 0.619. The molecule has 0 bridgehead atoms. The highest BCUT2D eigenvalue weighted by Crippen LogP contribution is 2.27. The fourth-order valence-electron chi connectivity index (χ4n) is 7.13. The molecule has 0 fully saturated rings. The van der Waals surface area contributed by atoms with Crippen LogP contribution >= 0.6 is 0 Å². The SMILES string of the molecule is CCCCCCCCCCCCCCCCC(C)[n+]1cc[nH]c1C(CCCCCCC)CCCCCCCCCCCC. The van der Waals surface area contributed by atoms with E-state index < -0.39 is 0 Å². The molecule has 0 radical (unpaired) electrons. The van der Waals surface area contributed by atoms with Crippen LogP contribution in [-0.4, -0.2) is 4.98 Å². The zero-order valence-electron chi connectivity index (χ0n) is 30.4. The van der Waals surface area contributed by atoms with E-state index >= 15 is 0 Å². The first-order valence-electron chi connectivity index (χ1n) is 20.3. The Morgan fingerprint density at radius 1 is 0.442 bits per heavy atom. The Balaban J connectivity index is 2.30. The smallest absolute Gasteiger partial charge is 0.247 e. The average molecular weight is 602 g/mol. The van der Waals surface area contributed by atoms with Crippen molar-refractivity contribution in [1.29, 1.82) is 0 Å². The lowest BCUT2D eigenvalue weighted by Crippen LogP contribution is -2.41. The van der Waals surface area contributed by atoms with Crippen molar-refractivity contribution >= 4 is 0 Å². The van der Waals surface area contributed by atoms with Crippen molar-refractivity contribution in [2.24, 2.45) is 0 Å². The molecule has 2 atom stereocenters. The van der Waals surface area contributed by atoms with Gasteiger partial charge in [0, 0.05) is 0 Å². The zero-order chi connectivity index (χ0) is 31.1. The minimum absolute atomic E-state index is 0.619. The van der Waals surface area contributed by atoms with Crippen LogP contribution in [0, 0.1) is 0 Å². The van der Waals surface area contributed by atoms with Crippen LogP contribution in [0.5, 0.6) is 0 Å². The van der Waals surface area contributed by atoms with Crippen LogP contribution < -0.4 is 4.57 Å². The second-order valence-electron chi connectivity index (χ2n) is 14.4. The molecule has 0 aromatic carbocycles. The molecule has 0 aliphatic rings. The summed E-state index contributed by atoms with van der Waals surface area (Å²) in [6.07, 6.45) is 50.2. The standard InChI is InChI=1S/C41H80N2/c1-5-8-11-14-16-18-20-21-22-23-24-26-29-31-34-39(4)43-38-37-42-41(43)40(35-32-28-13-10-7-3)36-33-30-27-25-19-17-15-12-9-6-2/h37-40H,5-36H2,1-4H3/p+1. The van der Waals surface area contributed by atoms with Crippen molar-refractivity contribution in [2.45, 2.75) is 245 Å². The van der Waals surface area contributed by atoms with E-state index in [-0.39, 0.29) is 0 Å². The van der Waals surface area contributed by atoms with E-state index in [1.54, 1.807) is 0 Å². The maximum Gasteiger partial charge on any atom is 0.257 e. The Kier molecular flexibility index (Phi) is 29.2. The summed E-state index contributed by atoms with van der Waals surface area (Å²) in [5.41, 5.74) is 0. The molecule has 1 heterocycles. The van der Waals surface area contributed by atoms with Crippen LogP contribution in [0.1, 0.15) is 251 Å². The number of aromatic nitrogens is 2. The molecule has 43 heavy (non-hydrogen) atoms. The third-order valence-electron chi connectivity index (χ3n) is 10.1. The summed E-state index contributed by atoms with van der Waals surface area (Å²) in [6, 6.07) is 0.619. The molecule has 0 aliphatic heterocycles. The topological polar surface area (TPSA) is 19.7 Å². The van der Waals surface area contributed by atoms with Gasteiger partial charge in [-0.2, -0.15) is 0 Å². The molecule has 0 saturated heterocycles. The molecule has 2 unspecified atom stereocenters. The average Bonchev–Trinajstić information content (AvgIpc) is 3.51. The maximum absolute atomic E-state index is 3.74. The van der Waals surface area contributed by atoms with Crippen LogP contribution in [0.2, 0.25) is 0 Å². The summed E-state index contributed by atoms with van der Waals surface area (Å²) < 4.78 is 2.63. The summed E-state index contributed by atoms with van der Waals surface area (Å²) in [7, 11) is 0. The molecule has 1 rings (SSSR count). The van der Waals surface area contributed by atoms with Crippen LogP contribution in [0.3, 0.4) is 0 Å². The van der Waals surface area contributed by atoms with Gasteiger partial charge in [-0.3, -0.25) is 0 Å². The number of nitrogens with zero attached hydrogens (tertiary/aromatic N) is 1. The fraction of sp³-hybridized carbons (Fsp3) is 0.927. The minimum Gasteiger partial charge on any atom is -0.247 e. The Morgan fingerprint density at radius 3 is 1.09 bits per heavy atom. The van der Waals surface area contributed by atoms with Gasteiger partial charge >= 0.3 is 0 Å². The summed E-state index contributed by atoms with van der Waals surface area (Å²) in [6.45, 7) is 9.42. The predicted molar refractivity (Wildman–Crippen MR) is 193 cm³/mol. The van der Waals surface area contributed by atoms with Crippen molar-refractivity contribution in [3.05, 3.63) is 18.2 Å². The van der Waals surface area contributed by atoms with Gasteiger partial charge in [0.1, 0.15) is 12.4 Å². The maximum atomic E-state index is 3.74. The van der Waals surface area contributed by atoms with Gasteiger partial charge in [0.25, 0.3) is 5.82 Å². The van der Waals surface area contributed by atoms with E-state index in [1.165, 1.54) is 211 Å². The lowest BCUT2D eigenvalue weighted by molar-refractivity contribution is -0.727. The molecular weight excluding hydrogens is 520 g/mol. The summed E-state index contributed by atoms with van der Waals surface area (Å²) in [4.78, 5) is 3.74. The monoisotopic (exact) mass is 602 g/mol. The van der Waals surface area contributed by atoms with E-state index in [9.17, 15) is 0 Å². The molecule has 0 amide bonds. The molecule has 1 N–H and O–H groups in total. The van der Waals surface area contributed by atoms with Gasteiger partial charge in [0.2, 0.25) is 0 Å². The highest BCUT2D eigenvalue weighted by molar-refractivity contribution is 4.90. The third kappa shape index (κ3) is 23.2. The van der Waals surface area contributed by atoms with Crippen molar-refractivity contribution in [3.63, 3.8) is 0 Å². The molecule has 0 saturated carbocycles. The number of rotatable bonds is 34. The lowest BCUT2D eigenvalue weighted by atomic mass is 9.93. The summed E-state index contributed by atoms with van der Waals surface area (Å²) >= 11 is 0. The second-order valence-corrected chi connectivity index (χ2v) is 14.4. The van der Waals surface area contributed by atoms with E-state index in [4.69, 9.17) is 0 Å². The Labute approximate surface area is 272 Å². The van der Waals surface area contributed by atoms with Crippen LogP contribution in [0.4, 0.5) is 0 Å². The molecule has 2 heteroatoms. The van der Waals surface area contributed by atoms with Gasteiger partial charge < -0.3 is 0 Å². The lowest BCUT2D eigenvalue weighted by Gasteiger charge is -2.17. The predicted octanol–water partition coefficient (Wildman–Crippen LogP) is 14.5. The van der Waals surface area contributed by atoms with Gasteiger partial charge in [0.15, 0.2) is 0 Å². The van der Waals surface area contributed by atoms with E-state index in [1.807, 2.05) is 0 Å². The largest absolute Gasteiger partial charge is 0.257 e. The normalized spacial score (nSPS) is 13.1. The number of hydrogen-bond acceptors (Lipinski definition) is 0. The van der Waals surface area contributed by atoms with Crippen LogP contribution in [0.25, 0.3) is 0 Å². The van der Waals surface area contributed by atoms with Gasteiger partial charge in [-0.15, -0.1) is 0 Å². The van der Waals surface area contributed by atoms with Gasteiger partial charge in [0.05, 0.1) is 12.0 Å². The first-order chi connectivity index (χ1) is 21.2. The first kappa shape index (κ1) is 40.2. The van der Waals surface area contributed by atoms with Crippen molar-refractivity contribution in [2.75, 3.05) is 0 Å². The van der Waals surface area contributed by atoms with E-state index in [0.29, 0.717) is 12.0 Å². The second kappa shape index (κ2) is 31.2. The van der Waals surface area contributed by atoms with E-state index in [0.717, 1.165) is 0 Å². The number of imidazole rings is 1. The van der Waals surface area contributed by atoms with Crippen LogP contribution in [-0.2, 0) is 0 Å². The highest BCUT2D eigenvalue weighted by Gasteiger charge is 2.25. The molecule has 0 aliphatic carbocycles. The molecule has 2 nitrogen and oxygen atoms in total. The molecular formula is C41H81N2+. The number of hydrogen-bond donors (Lipinski definition) is 1. The summed E-state index contributed by atoms with van der Waals surface area (Å²) in [5, 5.41) is 0. The van der Waals surface area contributed by atoms with Crippen molar-refractivity contribution in [1.82, 2.24) is 4.98 Å². The molecule has 0 spiro atoms. The van der Waals surface area contributed by atoms with Gasteiger partial charge in [-0.05, 0) is 32.6 Å². The van der Waals surface area contributed by atoms with Crippen LogP contribution in [0.15, 0.2) is 12.4 Å². The number of aromatic amines is 1. The fourth-order valence-corrected chi connectivity index (χ4v) is 7.13. The number of H-pyrrole nitrogens is 1.